The molecule has 0 saturated carbocycles. The molecule has 0 aliphatic carbocycles. The first-order valence-corrected chi connectivity index (χ1v) is 5.86. The van der Waals surface area contributed by atoms with E-state index in [-0.39, 0.29) is 11.9 Å². The molecular formula is C11H16BrFN2. The van der Waals surface area contributed by atoms with Crippen molar-refractivity contribution in [2.24, 2.45) is 5.73 Å². The molecule has 0 amide bonds. The van der Waals surface area contributed by atoms with Crippen LogP contribution >= 0.6 is 15.9 Å². The first-order chi connectivity index (χ1) is 7.19. The summed E-state index contributed by atoms with van der Waals surface area (Å²) in [5.41, 5.74) is 6.68. The Bertz CT molecular complexity index is 317. The molecule has 0 aliphatic rings. The van der Waals surface area contributed by atoms with Crippen molar-refractivity contribution < 1.29 is 4.39 Å². The summed E-state index contributed by atoms with van der Waals surface area (Å²) in [6, 6.07) is 4.77. The summed E-state index contributed by atoms with van der Waals surface area (Å²) in [7, 11) is 0. The molecule has 0 radical (unpaired) electrons. The minimum Gasteiger partial charge on any atom is -0.329 e. The third-order valence-corrected chi connectivity index (χ3v) is 2.90. The molecule has 0 aromatic heterocycles. The molecule has 0 aliphatic heterocycles. The molecule has 1 unspecified atom stereocenters. The van der Waals surface area contributed by atoms with Crippen LogP contribution in [0.3, 0.4) is 0 Å². The SMILES string of the molecule is CCCNC(CN)c1ccc(F)cc1Br. The van der Waals surface area contributed by atoms with E-state index in [0.29, 0.717) is 6.54 Å². The second kappa shape index (κ2) is 6.20. The van der Waals surface area contributed by atoms with Gasteiger partial charge in [0.15, 0.2) is 0 Å². The Balaban J connectivity index is 2.81. The van der Waals surface area contributed by atoms with Crippen LogP contribution < -0.4 is 11.1 Å². The number of halogens is 2. The number of nitrogens with one attached hydrogen (secondary N) is 1. The highest BCUT2D eigenvalue weighted by molar-refractivity contribution is 9.10. The van der Waals surface area contributed by atoms with Gasteiger partial charge in [0.1, 0.15) is 5.82 Å². The number of benzene rings is 1. The van der Waals surface area contributed by atoms with Crippen molar-refractivity contribution in [1.29, 1.82) is 0 Å². The molecule has 1 atom stereocenters. The normalized spacial score (nSPS) is 12.8. The fourth-order valence-corrected chi connectivity index (χ4v) is 2.05. The average molecular weight is 275 g/mol. The molecule has 15 heavy (non-hydrogen) atoms. The van der Waals surface area contributed by atoms with E-state index in [4.69, 9.17) is 5.73 Å². The van der Waals surface area contributed by atoms with Gasteiger partial charge in [0.2, 0.25) is 0 Å². The van der Waals surface area contributed by atoms with Crippen LogP contribution in [0.1, 0.15) is 24.9 Å². The van der Waals surface area contributed by atoms with Crippen molar-refractivity contribution in [1.82, 2.24) is 5.32 Å². The first kappa shape index (κ1) is 12.6. The zero-order valence-electron chi connectivity index (χ0n) is 8.76. The van der Waals surface area contributed by atoms with Crippen LogP contribution in [0.5, 0.6) is 0 Å². The quantitative estimate of drug-likeness (QED) is 0.866. The molecule has 1 aromatic carbocycles. The van der Waals surface area contributed by atoms with Crippen molar-refractivity contribution >= 4 is 15.9 Å². The van der Waals surface area contributed by atoms with Crippen molar-refractivity contribution in [3.05, 3.63) is 34.1 Å². The van der Waals surface area contributed by atoms with Gasteiger partial charge >= 0.3 is 0 Å². The zero-order valence-corrected chi connectivity index (χ0v) is 10.3. The monoisotopic (exact) mass is 274 g/mol. The van der Waals surface area contributed by atoms with Gasteiger partial charge in [-0.15, -0.1) is 0 Å². The number of hydrogen-bond acceptors (Lipinski definition) is 2. The van der Waals surface area contributed by atoms with Crippen LogP contribution in [0.4, 0.5) is 4.39 Å². The zero-order chi connectivity index (χ0) is 11.3. The van der Waals surface area contributed by atoms with Crippen LogP contribution in [0.25, 0.3) is 0 Å². The standard InChI is InChI=1S/C11H16BrFN2/c1-2-5-15-11(7-14)9-4-3-8(13)6-10(9)12/h3-4,6,11,15H,2,5,7,14H2,1H3. The predicted molar refractivity (Wildman–Crippen MR) is 64.2 cm³/mol. The van der Waals surface area contributed by atoms with E-state index in [1.54, 1.807) is 6.07 Å². The molecule has 84 valence electrons. The highest BCUT2D eigenvalue weighted by Gasteiger charge is 2.12. The first-order valence-electron chi connectivity index (χ1n) is 5.07. The van der Waals surface area contributed by atoms with Gasteiger partial charge in [-0.05, 0) is 30.7 Å². The van der Waals surface area contributed by atoms with Gasteiger partial charge in [0.05, 0.1) is 0 Å². The largest absolute Gasteiger partial charge is 0.329 e. The lowest BCUT2D eigenvalue weighted by molar-refractivity contribution is 0.536. The minimum absolute atomic E-state index is 0.0833. The second-order valence-electron chi connectivity index (χ2n) is 3.41. The van der Waals surface area contributed by atoms with Gasteiger partial charge in [0, 0.05) is 17.1 Å². The van der Waals surface area contributed by atoms with Gasteiger partial charge in [-0.2, -0.15) is 0 Å². The maximum atomic E-state index is 12.9. The molecule has 2 nitrogen and oxygen atoms in total. The Morgan fingerprint density at radius 3 is 2.80 bits per heavy atom. The minimum atomic E-state index is -0.239. The molecule has 0 fully saturated rings. The van der Waals surface area contributed by atoms with Gasteiger partial charge in [-0.1, -0.05) is 28.9 Å². The molecule has 1 rings (SSSR count). The Kier molecular flexibility index (Phi) is 5.22. The molecule has 0 saturated heterocycles. The van der Waals surface area contributed by atoms with E-state index in [9.17, 15) is 4.39 Å². The summed E-state index contributed by atoms with van der Waals surface area (Å²) in [4.78, 5) is 0. The third kappa shape index (κ3) is 3.55. The van der Waals surface area contributed by atoms with E-state index >= 15 is 0 Å². The van der Waals surface area contributed by atoms with Gasteiger partial charge in [0.25, 0.3) is 0 Å². The molecule has 0 spiro atoms. The summed E-state index contributed by atoms with van der Waals surface area (Å²) in [5.74, 6) is -0.239. The Morgan fingerprint density at radius 1 is 1.53 bits per heavy atom. The van der Waals surface area contributed by atoms with Crippen molar-refractivity contribution in [2.75, 3.05) is 13.1 Å². The highest BCUT2D eigenvalue weighted by Crippen LogP contribution is 2.23. The molecule has 0 heterocycles. The van der Waals surface area contributed by atoms with Crippen molar-refractivity contribution in [3.8, 4) is 0 Å². The number of nitrogens with two attached hydrogens (primary N) is 1. The average Bonchev–Trinajstić information content (AvgIpc) is 2.21. The smallest absolute Gasteiger partial charge is 0.124 e. The summed E-state index contributed by atoms with van der Waals surface area (Å²) in [5, 5.41) is 3.32. The van der Waals surface area contributed by atoms with E-state index in [1.165, 1.54) is 12.1 Å². The van der Waals surface area contributed by atoms with Crippen LogP contribution in [0, 0.1) is 5.82 Å². The summed E-state index contributed by atoms with van der Waals surface area (Å²) in [6.45, 7) is 3.51. The summed E-state index contributed by atoms with van der Waals surface area (Å²) >= 11 is 3.34. The predicted octanol–water partition coefficient (Wildman–Crippen LogP) is 2.59. The van der Waals surface area contributed by atoms with Gasteiger partial charge in [-0.3, -0.25) is 0 Å². The fraction of sp³-hybridized carbons (Fsp3) is 0.455. The Hall–Kier alpha value is -0.450. The Labute approximate surface area is 98.2 Å². The molecule has 1 aromatic rings. The second-order valence-corrected chi connectivity index (χ2v) is 4.26. The van der Waals surface area contributed by atoms with E-state index in [1.807, 2.05) is 0 Å². The maximum Gasteiger partial charge on any atom is 0.124 e. The Morgan fingerprint density at radius 2 is 2.27 bits per heavy atom. The van der Waals surface area contributed by atoms with Crippen LogP contribution in [0.2, 0.25) is 0 Å². The molecule has 3 N–H and O–H groups in total. The lowest BCUT2D eigenvalue weighted by Gasteiger charge is -2.18. The number of rotatable bonds is 5. The van der Waals surface area contributed by atoms with Gasteiger partial charge in [-0.25, -0.2) is 4.39 Å². The van der Waals surface area contributed by atoms with Crippen LogP contribution in [0.15, 0.2) is 22.7 Å². The molecule has 0 bridgehead atoms. The number of hydrogen-bond donors (Lipinski definition) is 2. The molecule has 4 heteroatoms. The fourth-order valence-electron chi connectivity index (χ4n) is 1.42. The third-order valence-electron chi connectivity index (χ3n) is 2.21. The highest BCUT2D eigenvalue weighted by atomic mass is 79.9. The van der Waals surface area contributed by atoms with E-state index in [2.05, 4.69) is 28.2 Å². The van der Waals surface area contributed by atoms with Gasteiger partial charge < -0.3 is 11.1 Å². The van der Waals surface area contributed by atoms with Crippen LogP contribution in [-0.2, 0) is 0 Å². The topological polar surface area (TPSA) is 38.0 Å². The maximum absolute atomic E-state index is 12.9. The van der Waals surface area contributed by atoms with E-state index in [0.717, 1.165) is 23.0 Å². The van der Waals surface area contributed by atoms with Crippen molar-refractivity contribution in [2.45, 2.75) is 19.4 Å². The summed E-state index contributed by atoms with van der Waals surface area (Å²) in [6.07, 6.45) is 1.05. The van der Waals surface area contributed by atoms with Crippen LogP contribution in [-0.4, -0.2) is 13.1 Å². The lowest BCUT2D eigenvalue weighted by Crippen LogP contribution is -2.29. The lowest BCUT2D eigenvalue weighted by atomic mass is 10.1. The van der Waals surface area contributed by atoms with Crippen molar-refractivity contribution in [3.63, 3.8) is 0 Å². The summed E-state index contributed by atoms with van der Waals surface area (Å²) < 4.78 is 13.7. The van der Waals surface area contributed by atoms with E-state index < -0.39 is 0 Å². The molecular weight excluding hydrogens is 259 g/mol.